The van der Waals surface area contributed by atoms with Crippen molar-refractivity contribution >= 4 is 35.3 Å². The van der Waals surface area contributed by atoms with E-state index in [1.165, 1.54) is 27.7 Å². The van der Waals surface area contributed by atoms with Gasteiger partial charge in [0.25, 0.3) is 0 Å². The molecule has 16 heteroatoms. The quantitative estimate of drug-likeness (QED) is 0.339. The number of likely N-dealkylation sites (tertiary alicyclic amines) is 1. The number of thioether (sulfide) groups is 1. The van der Waals surface area contributed by atoms with Crippen molar-refractivity contribution < 1.29 is 24.3 Å². The van der Waals surface area contributed by atoms with Gasteiger partial charge in [-0.25, -0.2) is 9.48 Å². The van der Waals surface area contributed by atoms with Gasteiger partial charge in [-0.1, -0.05) is 13.8 Å². The number of β-lactam (4-membered cyclic amide) rings is 1. The Kier molecular flexibility index (Phi) is 6.90. The first kappa shape index (κ1) is 26.6. The SMILES string of the molecule is CC(CC(=O)Cn1cnnn1)[C@H]1C(=O)N2C(C(=O)O)=C(SC3CNC(C(=O)N4CC(n5cnnc5)C4)C3)[C@H](C)[C@H]12. The fraction of sp³-hybridized carbons (Fsp3) is 0.625. The minimum atomic E-state index is -1.13. The summed E-state index contributed by atoms with van der Waals surface area (Å²) in [5, 5.41) is 31.8. The average Bonchev–Trinajstić information content (AvgIpc) is 3.67. The number of carbonyl (C=O) groups excluding carboxylic acids is 3. The third-order valence-electron chi connectivity index (χ3n) is 8.40. The van der Waals surface area contributed by atoms with Gasteiger partial charge in [-0.2, -0.15) is 0 Å². The summed E-state index contributed by atoms with van der Waals surface area (Å²) in [4.78, 5) is 55.0. The molecule has 3 fully saturated rings. The number of carboxylic acid groups (broad SMARTS) is 1. The molecule has 4 aliphatic heterocycles. The Labute approximate surface area is 233 Å². The van der Waals surface area contributed by atoms with Crippen LogP contribution in [0.2, 0.25) is 0 Å². The molecule has 212 valence electrons. The van der Waals surface area contributed by atoms with Crippen molar-refractivity contribution in [2.45, 2.75) is 56.6 Å². The van der Waals surface area contributed by atoms with E-state index >= 15 is 0 Å². The molecule has 0 radical (unpaired) electrons. The van der Waals surface area contributed by atoms with Gasteiger partial charge in [0.2, 0.25) is 11.8 Å². The van der Waals surface area contributed by atoms with Gasteiger partial charge in [-0.05, 0) is 22.8 Å². The number of fused-ring (bicyclic) bond motifs is 1. The van der Waals surface area contributed by atoms with E-state index in [0.29, 0.717) is 31.0 Å². The Morgan fingerprint density at radius 3 is 2.60 bits per heavy atom. The molecule has 2 aromatic heterocycles. The van der Waals surface area contributed by atoms with Gasteiger partial charge in [0, 0.05) is 42.1 Å². The summed E-state index contributed by atoms with van der Waals surface area (Å²) in [6.07, 6.45) is 5.41. The van der Waals surface area contributed by atoms with E-state index in [4.69, 9.17) is 0 Å². The molecule has 0 aromatic carbocycles. The zero-order chi connectivity index (χ0) is 28.1. The summed E-state index contributed by atoms with van der Waals surface area (Å²) in [7, 11) is 0. The first-order chi connectivity index (χ1) is 19.2. The minimum absolute atomic E-state index is 0.00165. The number of carbonyl (C=O) groups is 4. The molecule has 0 saturated carbocycles. The highest BCUT2D eigenvalue weighted by Crippen LogP contribution is 2.53. The van der Waals surface area contributed by atoms with Crippen molar-refractivity contribution in [2.75, 3.05) is 19.6 Å². The molecule has 0 aliphatic carbocycles. The van der Waals surface area contributed by atoms with Crippen LogP contribution >= 0.6 is 11.8 Å². The zero-order valence-corrected chi connectivity index (χ0v) is 22.8. The predicted octanol–water partition coefficient (Wildman–Crippen LogP) is -0.820. The summed E-state index contributed by atoms with van der Waals surface area (Å²) in [5.74, 6) is -2.34. The van der Waals surface area contributed by atoms with Crippen LogP contribution < -0.4 is 5.32 Å². The number of aliphatic carboxylic acids is 1. The highest BCUT2D eigenvalue weighted by atomic mass is 32.2. The van der Waals surface area contributed by atoms with Crippen LogP contribution in [0.5, 0.6) is 0 Å². The van der Waals surface area contributed by atoms with Gasteiger partial charge < -0.3 is 24.8 Å². The molecule has 0 bridgehead atoms. The van der Waals surface area contributed by atoms with Gasteiger partial charge in [-0.3, -0.25) is 14.4 Å². The second-order valence-electron chi connectivity index (χ2n) is 11.0. The number of rotatable bonds is 10. The molecule has 3 saturated heterocycles. The van der Waals surface area contributed by atoms with Crippen molar-refractivity contribution in [2.24, 2.45) is 17.8 Å². The van der Waals surface area contributed by atoms with E-state index in [1.807, 2.05) is 23.3 Å². The zero-order valence-electron chi connectivity index (χ0n) is 22.0. The van der Waals surface area contributed by atoms with E-state index in [0.717, 1.165) is 0 Å². The third-order valence-corrected chi connectivity index (χ3v) is 9.91. The number of aromatic nitrogens is 7. The molecular formula is C24H30N10O5S. The van der Waals surface area contributed by atoms with E-state index in [-0.39, 0.29) is 71.5 Å². The Bertz CT molecular complexity index is 1340. The second kappa shape index (κ2) is 10.4. The normalized spacial score (nSPS) is 28.9. The fourth-order valence-electron chi connectivity index (χ4n) is 6.35. The number of tetrazole rings is 1. The smallest absolute Gasteiger partial charge is 0.353 e. The van der Waals surface area contributed by atoms with Crippen LogP contribution in [-0.4, -0.2) is 110 Å². The third kappa shape index (κ3) is 4.58. The van der Waals surface area contributed by atoms with E-state index < -0.39 is 11.9 Å². The molecule has 40 heavy (non-hydrogen) atoms. The molecule has 2 aromatic rings. The van der Waals surface area contributed by atoms with Gasteiger partial charge in [-0.15, -0.1) is 27.1 Å². The molecule has 15 nitrogen and oxygen atoms in total. The van der Waals surface area contributed by atoms with Crippen LogP contribution in [0.25, 0.3) is 0 Å². The summed E-state index contributed by atoms with van der Waals surface area (Å²) in [5.41, 5.74) is 0.0327. The summed E-state index contributed by atoms with van der Waals surface area (Å²) in [6, 6.07) is -0.456. The van der Waals surface area contributed by atoms with Gasteiger partial charge in [0.15, 0.2) is 5.78 Å². The highest BCUT2D eigenvalue weighted by Gasteiger charge is 2.60. The Morgan fingerprint density at radius 1 is 1.18 bits per heavy atom. The molecule has 6 atom stereocenters. The maximum atomic E-state index is 13.2. The number of hydrogen-bond donors (Lipinski definition) is 2. The monoisotopic (exact) mass is 570 g/mol. The van der Waals surface area contributed by atoms with Crippen molar-refractivity contribution in [3.05, 3.63) is 29.6 Å². The summed E-state index contributed by atoms with van der Waals surface area (Å²) < 4.78 is 3.24. The number of ketones is 1. The Morgan fingerprint density at radius 2 is 1.93 bits per heavy atom. The maximum Gasteiger partial charge on any atom is 0.353 e. The topological polar surface area (TPSA) is 181 Å². The average molecular weight is 571 g/mol. The van der Waals surface area contributed by atoms with Crippen molar-refractivity contribution in [3.63, 3.8) is 0 Å². The molecular weight excluding hydrogens is 540 g/mol. The lowest BCUT2D eigenvalue weighted by Crippen LogP contribution is -2.62. The maximum absolute atomic E-state index is 13.2. The lowest BCUT2D eigenvalue weighted by atomic mass is 9.73. The highest BCUT2D eigenvalue weighted by molar-refractivity contribution is 8.03. The Balaban J connectivity index is 1.07. The Hall–Kier alpha value is -3.66. The lowest BCUT2D eigenvalue weighted by molar-refractivity contribution is -0.160. The fourth-order valence-corrected chi connectivity index (χ4v) is 7.83. The molecule has 3 unspecified atom stereocenters. The molecule has 2 N–H and O–H groups in total. The number of nitrogens with one attached hydrogen (secondary N) is 1. The summed E-state index contributed by atoms with van der Waals surface area (Å²) >= 11 is 1.45. The predicted molar refractivity (Wildman–Crippen MR) is 138 cm³/mol. The number of Topliss-reactive ketones (excluding diaryl/α,β-unsaturated/α-hetero) is 1. The van der Waals surface area contributed by atoms with Crippen LogP contribution in [0.4, 0.5) is 0 Å². The molecule has 6 rings (SSSR count). The van der Waals surface area contributed by atoms with Crippen LogP contribution in [0, 0.1) is 17.8 Å². The first-order valence-corrected chi connectivity index (χ1v) is 14.2. The first-order valence-electron chi connectivity index (χ1n) is 13.3. The van der Waals surface area contributed by atoms with Crippen molar-refractivity contribution in [3.8, 4) is 0 Å². The van der Waals surface area contributed by atoms with Crippen LogP contribution in [0.1, 0.15) is 32.7 Å². The number of hydrogen-bond acceptors (Lipinski definition) is 11. The van der Waals surface area contributed by atoms with Gasteiger partial charge in [0.05, 0.1) is 24.0 Å². The number of amides is 2. The lowest BCUT2D eigenvalue weighted by Gasteiger charge is -2.47. The van der Waals surface area contributed by atoms with Crippen LogP contribution in [0.3, 0.4) is 0 Å². The molecule has 6 heterocycles. The largest absolute Gasteiger partial charge is 0.477 e. The van der Waals surface area contributed by atoms with Gasteiger partial charge in [0.1, 0.15) is 31.2 Å². The number of carboxylic acids is 1. The molecule has 2 amide bonds. The van der Waals surface area contributed by atoms with Gasteiger partial charge >= 0.3 is 5.97 Å². The van der Waals surface area contributed by atoms with Crippen LogP contribution in [-0.2, 0) is 25.7 Å². The van der Waals surface area contributed by atoms with E-state index in [1.54, 1.807) is 12.7 Å². The van der Waals surface area contributed by atoms with E-state index in [2.05, 4.69) is 31.0 Å². The van der Waals surface area contributed by atoms with Crippen molar-refractivity contribution in [1.82, 2.24) is 50.1 Å². The van der Waals surface area contributed by atoms with Crippen molar-refractivity contribution in [1.29, 1.82) is 0 Å². The minimum Gasteiger partial charge on any atom is -0.477 e. The van der Waals surface area contributed by atoms with Crippen LogP contribution in [0.15, 0.2) is 29.6 Å². The number of nitrogens with zero attached hydrogens (tertiary/aromatic N) is 9. The second-order valence-corrected chi connectivity index (χ2v) is 12.3. The van der Waals surface area contributed by atoms with E-state index in [9.17, 15) is 24.3 Å². The molecule has 4 aliphatic rings. The summed E-state index contributed by atoms with van der Waals surface area (Å²) in [6.45, 7) is 5.60. The molecule has 0 spiro atoms. The standard InChI is InChI=1S/C24H30N10O5S/c1-12(3-15(35)8-33-11-28-29-30-33)18-19-13(2)21(20(24(38)39)34(19)23(18)37)40-16-4-17(25-5-16)22(36)31-6-14(7-31)32-9-26-27-10-32/h9-14,16-19,25H,3-8H2,1-2H3,(H,38,39)/t12?,13-,16?,17?,18-,19-/m1/s1.